The van der Waals surface area contributed by atoms with Crippen molar-refractivity contribution < 1.29 is 0 Å². The average molecular weight is 293 g/mol. The number of piperazine rings is 1. The summed E-state index contributed by atoms with van der Waals surface area (Å²) in [6.45, 7) is 14.4. The van der Waals surface area contributed by atoms with Gasteiger partial charge in [-0.3, -0.25) is 4.90 Å². The summed E-state index contributed by atoms with van der Waals surface area (Å²) in [5.74, 6) is 1.81. The molecule has 1 aliphatic heterocycles. The largest absolute Gasteiger partial charge is 0.334 e. The summed E-state index contributed by atoms with van der Waals surface area (Å²) in [5, 5.41) is 3.61. The van der Waals surface area contributed by atoms with E-state index in [1.807, 2.05) is 6.20 Å². The molecule has 0 aromatic carbocycles. The minimum atomic E-state index is 0.615. The van der Waals surface area contributed by atoms with Gasteiger partial charge in [-0.15, -0.1) is 0 Å². The van der Waals surface area contributed by atoms with Crippen molar-refractivity contribution in [1.29, 1.82) is 0 Å². The molecule has 5 nitrogen and oxygen atoms in total. The van der Waals surface area contributed by atoms with Crippen LogP contribution in [0.3, 0.4) is 0 Å². The van der Waals surface area contributed by atoms with Gasteiger partial charge in [-0.2, -0.15) is 0 Å². The van der Waals surface area contributed by atoms with Gasteiger partial charge < -0.3 is 14.8 Å². The van der Waals surface area contributed by atoms with Crippen molar-refractivity contribution in [3.8, 4) is 0 Å². The average Bonchev–Trinajstić information content (AvgIpc) is 2.92. The van der Waals surface area contributed by atoms with Crippen LogP contribution in [-0.2, 0) is 13.1 Å². The van der Waals surface area contributed by atoms with Crippen LogP contribution in [0, 0.1) is 5.92 Å². The molecule has 0 saturated carbocycles. The lowest BCUT2D eigenvalue weighted by atomic mass is 10.0. The Kier molecular flexibility index (Phi) is 6.21. The van der Waals surface area contributed by atoms with E-state index < -0.39 is 0 Å². The van der Waals surface area contributed by atoms with Crippen molar-refractivity contribution in [2.45, 2.75) is 39.9 Å². The smallest absolute Gasteiger partial charge is 0.122 e. The van der Waals surface area contributed by atoms with Crippen LogP contribution in [0.2, 0.25) is 0 Å². The maximum Gasteiger partial charge on any atom is 0.122 e. The summed E-state index contributed by atoms with van der Waals surface area (Å²) in [6, 6.07) is 0.615. The molecular formula is C16H31N5. The molecule has 1 atom stereocenters. The Labute approximate surface area is 129 Å². The Morgan fingerprint density at radius 2 is 1.95 bits per heavy atom. The number of nitrogens with one attached hydrogen (secondary N) is 1. The Morgan fingerprint density at radius 1 is 1.24 bits per heavy atom. The predicted octanol–water partition coefficient (Wildman–Crippen LogP) is 1.26. The molecule has 21 heavy (non-hydrogen) atoms. The minimum absolute atomic E-state index is 0.615. The standard InChI is InChI=1S/C16H31N5/c1-5-20-7-6-18-16(20)13-17-12-15(14(2)3)21-10-8-19(4)9-11-21/h6-7,14-15,17H,5,8-13H2,1-4H3. The van der Waals surface area contributed by atoms with Gasteiger partial charge in [0, 0.05) is 57.7 Å². The van der Waals surface area contributed by atoms with Crippen molar-refractivity contribution in [2.24, 2.45) is 5.92 Å². The van der Waals surface area contributed by atoms with Crippen molar-refractivity contribution in [3.05, 3.63) is 18.2 Å². The molecule has 1 unspecified atom stereocenters. The molecule has 0 aliphatic carbocycles. The first-order valence-electron chi connectivity index (χ1n) is 8.25. The number of hydrogen-bond donors (Lipinski definition) is 1. The molecule has 120 valence electrons. The zero-order chi connectivity index (χ0) is 15.2. The fourth-order valence-corrected chi connectivity index (χ4v) is 3.07. The molecule has 2 heterocycles. The molecule has 1 aromatic rings. The summed E-state index contributed by atoms with van der Waals surface area (Å²) in [6.07, 6.45) is 3.94. The van der Waals surface area contributed by atoms with E-state index in [4.69, 9.17) is 0 Å². The van der Waals surface area contributed by atoms with Gasteiger partial charge in [-0.1, -0.05) is 13.8 Å². The Hall–Kier alpha value is -0.910. The first-order valence-corrected chi connectivity index (χ1v) is 8.25. The monoisotopic (exact) mass is 293 g/mol. The van der Waals surface area contributed by atoms with Crippen LogP contribution in [0.25, 0.3) is 0 Å². The number of aromatic nitrogens is 2. The third kappa shape index (κ3) is 4.53. The Balaban J connectivity index is 1.83. The van der Waals surface area contributed by atoms with E-state index in [0.29, 0.717) is 12.0 Å². The topological polar surface area (TPSA) is 36.3 Å². The highest BCUT2D eigenvalue weighted by Crippen LogP contribution is 2.13. The SMILES string of the molecule is CCn1ccnc1CNCC(C(C)C)N1CCN(C)CC1. The van der Waals surface area contributed by atoms with Gasteiger partial charge in [0.05, 0.1) is 6.54 Å². The molecule has 0 radical (unpaired) electrons. The first-order chi connectivity index (χ1) is 10.1. The second-order valence-corrected chi connectivity index (χ2v) is 6.41. The lowest BCUT2D eigenvalue weighted by molar-refractivity contribution is 0.0874. The maximum absolute atomic E-state index is 4.43. The molecule has 1 saturated heterocycles. The Bertz CT molecular complexity index is 407. The van der Waals surface area contributed by atoms with Gasteiger partial charge in [0.2, 0.25) is 0 Å². The quantitative estimate of drug-likeness (QED) is 0.821. The van der Waals surface area contributed by atoms with E-state index in [1.165, 1.54) is 26.2 Å². The van der Waals surface area contributed by atoms with Crippen molar-refractivity contribution in [2.75, 3.05) is 39.8 Å². The highest BCUT2D eigenvalue weighted by atomic mass is 15.3. The summed E-state index contributed by atoms with van der Waals surface area (Å²) < 4.78 is 2.20. The van der Waals surface area contributed by atoms with E-state index >= 15 is 0 Å². The lowest BCUT2D eigenvalue weighted by Crippen LogP contribution is -2.53. The number of rotatable bonds is 7. The highest BCUT2D eigenvalue weighted by molar-refractivity contribution is 4.92. The van der Waals surface area contributed by atoms with Crippen LogP contribution in [-0.4, -0.2) is 65.2 Å². The normalized spacial score (nSPS) is 19.3. The molecular weight excluding hydrogens is 262 g/mol. The summed E-state index contributed by atoms with van der Waals surface area (Å²) in [4.78, 5) is 9.49. The lowest BCUT2D eigenvalue weighted by Gasteiger charge is -2.40. The van der Waals surface area contributed by atoms with Crippen molar-refractivity contribution >= 4 is 0 Å². The number of nitrogens with zero attached hydrogens (tertiary/aromatic N) is 4. The number of hydrogen-bond acceptors (Lipinski definition) is 4. The fourth-order valence-electron chi connectivity index (χ4n) is 3.07. The van der Waals surface area contributed by atoms with Gasteiger partial charge in [-0.25, -0.2) is 4.98 Å². The zero-order valence-corrected chi connectivity index (χ0v) is 14.0. The molecule has 5 heteroatoms. The van der Waals surface area contributed by atoms with Gasteiger partial charge in [0.15, 0.2) is 0 Å². The molecule has 0 amide bonds. The van der Waals surface area contributed by atoms with E-state index in [9.17, 15) is 0 Å². The number of imidazole rings is 1. The second-order valence-electron chi connectivity index (χ2n) is 6.41. The van der Waals surface area contributed by atoms with Gasteiger partial charge >= 0.3 is 0 Å². The predicted molar refractivity (Wildman–Crippen MR) is 87.3 cm³/mol. The number of aryl methyl sites for hydroxylation is 1. The summed E-state index contributed by atoms with van der Waals surface area (Å²) >= 11 is 0. The van der Waals surface area contributed by atoms with Gasteiger partial charge in [0.1, 0.15) is 5.82 Å². The fraction of sp³-hybridized carbons (Fsp3) is 0.812. The van der Waals surface area contributed by atoms with Crippen molar-refractivity contribution in [3.63, 3.8) is 0 Å². The van der Waals surface area contributed by atoms with Crippen LogP contribution >= 0.6 is 0 Å². The third-order valence-electron chi connectivity index (χ3n) is 4.56. The third-order valence-corrected chi connectivity index (χ3v) is 4.56. The number of likely N-dealkylation sites (N-methyl/N-ethyl adjacent to an activating group) is 1. The summed E-state index contributed by atoms with van der Waals surface area (Å²) in [5.41, 5.74) is 0. The maximum atomic E-state index is 4.43. The van der Waals surface area contributed by atoms with Crippen LogP contribution in [0.15, 0.2) is 12.4 Å². The van der Waals surface area contributed by atoms with Gasteiger partial charge in [-0.05, 0) is 19.9 Å². The molecule has 1 aliphatic rings. The molecule has 0 bridgehead atoms. The van der Waals surface area contributed by atoms with E-state index in [1.54, 1.807) is 0 Å². The van der Waals surface area contributed by atoms with E-state index in [2.05, 4.69) is 58.7 Å². The van der Waals surface area contributed by atoms with Crippen molar-refractivity contribution in [1.82, 2.24) is 24.7 Å². The minimum Gasteiger partial charge on any atom is -0.334 e. The first kappa shape index (κ1) is 16.5. The molecule has 2 rings (SSSR count). The molecule has 1 aromatic heterocycles. The van der Waals surface area contributed by atoms with E-state index in [0.717, 1.165) is 25.5 Å². The van der Waals surface area contributed by atoms with E-state index in [-0.39, 0.29) is 0 Å². The second kappa shape index (κ2) is 7.92. The Morgan fingerprint density at radius 3 is 2.57 bits per heavy atom. The van der Waals surface area contributed by atoms with Crippen LogP contribution in [0.5, 0.6) is 0 Å². The highest BCUT2D eigenvalue weighted by Gasteiger charge is 2.24. The van der Waals surface area contributed by atoms with Crippen LogP contribution in [0.1, 0.15) is 26.6 Å². The summed E-state index contributed by atoms with van der Waals surface area (Å²) in [7, 11) is 2.21. The zero-order valence-electron chi connectivity index (χ0n) is 14.0. The molecule has 1 fully saturated rings. The van der Waals surface area contributed by atoms with Gasteiger partial charge in [0.25, 0.3) is 0 Å². The molecule has 1 N–H and O–H groups in total. The molecule has 0 spiro atoms. The van der Waals surface area contributed by atoms with Crippen LogP contribution in [0.4, 0.5) is 0 Å². The van der Waals surface area contributed by atoms with Crippen LogP contribution < -0.4 is 5.32 Å².